The molecular formula is C12H16Br3NOS. The highest BCUT2D eigenvalue weighted by Crippen LogP contribution is 2.33. The van der Waals surface area contributed by atoms with E-state index in [2.05, 4.69) is 61.6 Å². The number of hydrogen-bond donors (Lipinski definition) is 0. The van der Waals surface area contributed by atoms with Crippen LogP contribution in [0.25, 0.3) is 0 Å². The molecule has 18 heavy (non-hydrogen) atoms. The van der Waals surface area contributed by atoms with Crippen molar-refractivity contribution in [1.29, 1.82) is 0 Å². The summed E-state index contributed by atoms with van der Waals surface area (Å²) in [5.74, 6) is 0.125. The fourth-order valence-electron chi connectivity index (χ4n) is 1.86. The van der Waals surface area contributed by atoms with Crippen LogP contribution in [0.3, 0.4) is 0 Å². The second-order valence-corrected chi connectivity index (χ2v) is 7.91. The maximum absolute atomic E-state index is 12.5. The molecule has 2 nitrogen and oxygen atoms in total. The van der Waals surface area contributed by atoms with Gasteiger partial charge in [-0.1, -0.05) is 29.8 Å². The van der Waals surface area contributed by atoms with Gasteiger partial charge < -0.3 is 4.90 Å². The molecule has 0 aliphatic rings. The van der Waals surface area contributed by atoms with E-state index >= 15 is 0 Å². The highest BCUT2D eigenvalue weighted by Gasteiger charge is 2.23. The molecule has 0 aliphatic heterocycles. The molecule has 0 bridgehead atoms. The summed E-state index contributed by atoms with van der Waals surface area (Å²) in [6, 6.07) is 2.20. The number of alkyl halides is 1. The summed E-state index contributed by atoms with van der Waals surface area (Å²) in [7, 11) is 0. The average Bonchev–Trinajstić information content (AvgIpc) is 2.69. The Morgan fingerprint density at radius 3 is 2.39 bits per heavy atom. The van der Waals surface area contributed by atoms with Crippen LogP contribution < -0.4 is 0 Å². The molecular weight excluding hydrogens is 446 g/mol. The molecule has 0 aromatic carbocycles. The van der Waals surface area contributed by atoms with Gasteiger partial charge in [0.25, 0.3) is 5.91 Å². The van der Waals surface area contributed by atoms with Gasteiger partial charge in [0.1, 0.15) is 0 Å². The Morgan fingerprint density at radius 2 is 2.00 bits per heavy atom. The summed E-state index contributed by atoms with van der Waals surface area (Å²) in [4.78, 5) is 15.3. The van der Waals surface area contributed by atoms with Gasteiger partial charge in [0.05, 0.1) is 8.66 Å². The molecule has 0 unspecified atom stereocenters. The zero-order valence-electron chi connectivity index (χ0n) is 10.4. The van der Waals surface area contributed by atoms with Crippen LogP contribution in [-0.2, 0) is 0 Å². The molecule has 1 aromatic rings. The van der Waals surface area contributed by atoms with Crippen LogP contribution in [0, 0.1) is 0 Å². The Morgan fingerprint density at radius 1 is 1.39 bits per heavy atom. The third-order valence-corrected chi connectivity index (χ3v) is 6.42. The summed E-state index contributed by atoms with van der Waals surface area (Å²) >= 11 is 11.8. The van der Waals surface area contributed by atoms with Crippen molar-refractivity contribution < 1.29 is 4.79 Å². The van der Waals surface area contributed by atoms with Gasteiger partial charge in [-0.2, -0.15) is 0 Å². The monoisotopic (exact) mass is 459 g/mol. The fourth-order valence-corrected chi connectivity index (χ4v) is 4.24. The molecule has 102 valence electrons. The van der Waals surface area contributed by atoms with Gasteiger partial charge in [-0.3, -0.25) is 4.79 Å². The number of rotatable bonds is 6. The summed E-state index contributed by atoms with van der Waals surface area (Å²) in [6.07, 6.45) is 1.98. The number of halogens is 3. The van der Waals surface area contributed by atoms with E-state index in [-0.39, 0.29) is 5.91 Å². The van der Waals surface area contributed by atoms with E-state index in [4.69, 9.17) is 0 Å². The van der Waals surface area contributed by atoms with E-state index in [1.54, 1.807) is 0 Å². The quantitative estimate of drug-likeness (QED) is 0.526. The lowest BCUT2D eigenvalue weighted by molar-refractivity contribution is 0.0688. The minimum atomic E-state index is 0.125. The number of thiophene rings is 1. The van der Waals surface area contributed by atoms with E-state index in [0.29, 0.717) is 6.04 Å². The summed E-state index contributed by atoms with van der Waals surface area (Å²) in [6.45, 7) is 5.00. The SMILES string of the molecule is CCC(CC)N(CCBr)C(=O)c1cc(Br)c(Br)s1. The highest BCUT2D eigenvalue weighted by atomic mass is 79.9. The van der Waals surface area contributed by atoms with Crippen LogP contribution in [0.5, 0.6) is 0 Å². The number of amides is 1. The normalized spacial score (nSPS) is 11.0. The molecule has 0 saturated heterocycles. The van der Waals surface area contributed by atoms with Gasteiger partial charge in [-0.15, -0.1) is 11.3 Å². The largest absolute Gasteiger partial charge is 0.334 e. The number of hydrogen-bond acceptors (Lipinski definition) is 2. The maximum Gasteiger partial charge on any atom is 0.264 e. The minimum absolute atomic E-state index is 0.125. The van der Waals surface area contributed by atoms with Crippen molar-refractivity contribution in [3.8, 4) is 0 Å². The molecule has 1 amide bonds. The third kappa shape index (κ3) is 4.05. The van der Waals surface area contributed by atoms with Gasteiger partial charge in [-0.05, 0) is 50.8 Å². The van der Waals surface area contributed by atoms with Gasteiger partial charge in [0, 0.05) is 22.4 Å². The second-order valence-electron chi connectivity index (χ2n) is 3.89. The first-order valence-electron chi connectivity index (χ1n) is 5.86. The second kappa shape index (κ2) is 8.02. The van der Waals surface area contributed by atoms with Crippen LogP contribution in [0.15, 0.2) is 14.3 Å². The lowest BCUT2D eigenvalue weighted by atomic mass is 10.1. The van der Waals surface area contributed by atoms with E-state index < -0.39 is 0 Å². The molecule has 1 heterocycles. The number of nitrogens with zero attached hydrogens (tertiary/aromatic N) is 1. The first kappa shape index (κ1) is 16.7. The molecule has 1 rings (SSSR count). The van der Waals surface area contributed by atoms with Gasteiger partial charge in [-0.25, -0.2) is 0 Å². The van der Waals surface area contributed by atoms with E-state index in [1.165, 1.54) is 11.3 Å². The van der Waals surface area contributed by atoms with Crippen LogP contribution in [0.2, 0.25) is 0 Å². The molecule has 0 spiro atoms. The number of carbonyl (C=O) groups excluding carboxylic acids is 1. The van der Waals surface area contributed by atoms with Crippen molar-refractivity contribution >= 4 is 65.0 Å². The lowest BCUT2D eigenvalue weighted by Gasteiger charge is -2.29. The topological polar surface area (TPSA) is 20.3 Å². The molecule has 0 saturated carbocycles. The molecule has 0 fully saturated rings. The Hall–Kier alpha value is 0.610. The van der Waals surface area contributed by atoms with Crippen molar-refractivity contribution in [3.05, 3.63) is 19.2 Å². The molecule has 0 atom stereocenters. The van der Waals surface area contributed by atoms with Crippen LogP contribution in [-0.4, -0.2) is 28.7 Å². The fraction of sp³-hybridized carbons (Fsp3) is 0.583. The van der Waals surface area contributed by atoms with Crippen molar-refractivity contribution in [1.82, 2.24) is 4.90 Å². The number of carbonyl (C=O) groups is 1. The van der Waals surface area contributed by atoms with Crippen molar-refractivity contribution in [2.24, 2.45) is 0 Å². The molecule has 6 heteroatoms. The first-order chi connectivity index (χ1) is 8.54. The van der Waals surface area contributed by atoms with E-state index in [1.807, 2.05) is 11.0 Å². The van der Waals surface area contributed by atoms with Crippen LogP contribution >= 0.6 is 59.1 Å². The lowest BCUT2D eigenvalue weighted by Crippen LogP contribution is -2.40. The highest BCUT2D eigenvalue weighted by molar-refractivity contribution is 9.13. The van der Waals surface area contributed by atoms with Crippen LogP contribution in [0.1, 0.15) is 36.4 Å². The molecule has 0 N–H and O–H groups in total. The van der Waals surface area contributed by atoms with E-state index in [0.717, 1.165) is 37.9 Å². The van der Waals surface area contributed by atoms with Gasteiger partial charge in [0.15, 0.2) is 0 Å². The summed E-state index contributed by atoms with van der Waals surface area (Å²) in [5.41, 5.74) is 0. The standard InChI is InChI=1S/C12H16Br3NOS/c1-3-8(4-2)16(6-5-13)12(17)10-7-9(14)11(15)18-10/h7-8H,3-6H2,1-2H3. The Labute approximate surface area is 138 Å². The average molecular weight is 462 g/mol. The van der Waals surface area contributed by atoms with Crippen molar-refractivity contribution in [3.63, 3.8) is 0 Å². The first-order valence-corrected chi connectivity index (χ1v) is 9.39. The Balaban J connectivity index is 2.94. The Kier molecular flexibility index (Phi) is 7.43. The zero-order chi connectivity index (χ0) is 13.7. The predicted octanol–water partition coefficient (Wildman–Crippen LogP) is 5.30. The van der Waals surface area contributed by atoms with E-state index in [9.17, 15) is 4.79 Å². The maximum atomic E-state index is 12.5. The minimum Gasteiger partial charge on any atom is -0.334 e. The Bertz CT molecular complexity index is 385. The van der Waals surface area contributed by atoms with Gasteiger partial charge in [0.2, 0.25) is 0 Å². The van der Waals surface area contributed by atoms with Crippen molar-refractivity contribution in [2.75, 3.05) is 11.9 Å². The van der Waals surface area contributed by atoms with Crippen LogP contribution in [0.4, 0.5) is 0 Å². The van der Waals surface area contributed by atoms with Gasteiger partial charge >= 0.3 is 0 Å². The third-order valence-electron chi connectivity index (χ3n) is 2.83. The molecule has 0 aliphatic carbocycles. The van der Waals surface area contributed by atoms with Crippen molar-refractivity contribution in [2.45, 2.75) is 32.7 Å². The zero-order valence-corrected chi connectivity index (χ0v) is 16.0. The molecule has 1 aromatic heterocycles. The summed E-state index contributed by atoms with van der Waals surface area (Å²) in [5, 5.41) is 0.808. The predicted molar refractivity (Wildman–Crippen MR) is 88.9 cm³/mol. The smallest absolute Gasteiger partial charge is 0.264 e. The molecule has 0 radical (unpaired) electrons. The summed E-state index contributed by atoms with van der Waals surface area (Å²) < 4.78 is 1.91.